The molecule has 1 aromatic heterocycles. The van der Waals surface area contributed by atoms with Gasteiger partial charge in [0.2, 0.25) is 0 Å². The van der Waals surface area contributed by atoms with E-state index in [1.165, 1.54) is 19.2 Å². The van der Waals surface area contributed by atoms with E-state index >= 15 is 0 Å². The Bertz CT molecular complexity index is 792. The van der Waals surface area contributed by atoms with Crippen LogP contribution in [0.5, 0.6) is 0 Å². The fraction of sp³-hybridized carbons (Fsp3) is 0.353. The molecular formula is C17H19FN4O3. The predicted octanol–water partition coefficient (Wildman–Crippen LogP) is 1.77. The summed E-state index contributed by atoms with van der Waals surface area (Å²) in [5, 5.41) is 2.62. The summed E-state index contributed by atoms with van der Waals surface area (Å²) in [5.74, 6) is -0.920. The van der Waals surface area contributed by atoms with Crippen molar-refractivity contribution < 1.29 is 18.7 Å². The number of ether oxygens (including phenoxy) is 1. The molecular weight excluding hydrogens is 327 g/mol. The largest absolute Gasteiger partial charge is 0.467 e. The van der Waals surface area contributed by atoms with E-state index in [9.17, 15) is 14.0 Å². The number of hydrogen-bond acceptors (Lipinski definition) is 4. The van der Waals surface area contributed by atoms with E-state index < -0.39 is 24.1 Å². The summed E-state index contributed by atoms with van der Waals surface area (Å²) in [7, 11) is 1.26. The van der Waals surface area contributed by atoms with E-state index in [1.807, 2.05) is 0 Å². The highest BCUT2D eigenvalue weighted by molar-refractivity contribution is 5.83. The number of halogens is 1. The van der Waals surface area contributed by atoms with Crippen LogP contribution in [0.2, 0.25) is 0 Å². The maximum absolute atomic E-state index is 13.7. The van der Waals surface area contributed by atoms with Gasteiger partial charge >= 0.3 is 12.0 Å². The van der Waals surface area contributed by atoms with Crippen molar-refractivity contribution in [2.75, 3.05) is 13.7 Å². The van der Waals surface area contributed by atoms with Crippen molar-refractivity contribution in [3.63, 3.8) is 0 Å². The maximum atomic E-state index is 13.7. The monoisotopic (exact) mass is 346 g/mol. The lowest BCUT2D eigenvalue weighted by molar-refractivity contribution is -0.142. The number of H-pyrrole nitrogens is 1. The third kappa shape index (κ3) is 3.33. The van der Waals surface area contributed by atoms with Crippen LogP contribution in [0.15, 0.2) is 30.6 Å². The molecule has 0 bridgehead atoms. The number of carbonyl (C=O) groups excluding carboxylic acids is 2. The van der Waals surface area contributed by atoms with Gasteiger partial charge in [-0.05, 0) is 24.6 Å². The molecule has 1 aromatic carbocycles. The number of rotatable bonds is 3. The van der Waals surface area contributed by atoms with Gasteiger partial charge < -0.3 is 19.9 Å². The Morgan fingerprint density at radius 1 is 1.48 bits per heavy atom. The summed E-state index contributed by atoms with van der Waals surface area (Å²) in [6.45, 7) is 1.96. The second-order valence-corrected chi connectivity index (χ2v) is 5.86. The summed E-state index contributed by atoms with van der Waals surface area (Å²) < 4.78 is 18.3. The molecule has 1 aliphatic rings. The van der Waals surface area contributed by atoms with E-state index in [2.05, 4.69) is 20.0 Å². The third-order valence-electron chi connectivity index (χ3n) is 4.24. The highest BCUT2D eigenvalue weighted by Crippen LogP contribution is 2.33. The predicted molar refractivity (Wildman–Crippen MR) is 87.3 cm³/mol. The Morgan fingerprint density at radius 3 is 3.00 bits per heavy atom. The van der Waals surface area contributed by atoms with Crippen LogP contribution >= 0.6 is 0 Å². The van der Waals surface area contributed by atoms with Gasteiger partial charge in [-0.2, -0.15) is 0 Å². The topological polar surface area (TPSA) is 87.3 Å². The number of imidazole rings is 1. The summed E-state index contributed by atoms with van der Waals surface area (Å²) in [6, 6.07) is 4.34. The van der Waals surface area contributed by atoms with Gasteiger partial charge in [0.05, 0.1) is 19.1 Å². The van der Waals surface area contributed by atoms with Crippen molar-refractivity contribution in [2.24, 2.45) is 0 Å². The first kappa shape index (κ1) is 16.9. The quantitative estimate of drug-likeness (QED) is 0.829. The number of nitrogens with zero attached hydrogens (tertiary/aromatic N) is 2. The average molecular weight is 346 g/mol. The number of methoxy groups -OCH3 is 1. The van der Waals surface area contributed by atoms with Gasteiger partial charge in [0.1, 0.15) is 17.9 Å². The van der Waals surface area contributed by atoms with Crippen molar-refractivity contribution in [1.29, 1.82) is 0 Å². The molecule has 0 unspecified atom stereocenters. The molecule has 0 saturated carbocycles. The van der Waals surface area contributed by atoms with Crippen LogP contribution < -0.4 is 5.32 Å². The molecule has 0 fully saturated rings. The first-order valence-electron chi connectivity index (χ1n) is 7.94. The summed E-state index contributed by atoms with van der Waals surface area (Å²) in [6.07, 6.45) is 2.16. The third-order valence-corrected chi connectivity index (χ3v) is 4.24. The van der Waals surface area contributed by atoms with Crippen molar-refractivity contribution in [2.45, 2.75) is 25.4 Å². The minimum absolute atomic E-state index is 0.386. The fourth-order valence-electron chi connectivity index (χ4n) is 3.01. The van der Waals surface area contributed by atoms with Crippen molar-refractivity contribution in [3.8, 4) is 0 Å². The van der Waals surface area contributed by atoms with Crippen LogP contribution in [0.3, 0.4) is 0 Å². The summed E-state index contributed by atoms with van der Waals surface area (Å²) in [5.41, 5.74) is 2.21. The molecule has 0 spiro atoms. The van der Waals surface area contributed by atoms with Gasteiger partial charge in [0, 0.05) is 18.7 Å². The van der Waals surface area contributed by atoms with Crippen LogP contribution in [0.4, 0.5) is 9.18 Å². The number of benzene rings is 1. The summed E-state index contributed by atoms with van der Waals surface area (Å²) in [4.78, 5) is 33.2. The van der Waals surface area contributed by atoms with E-state index in [0.717, 1.165) is 5.69 Å². The molecule has 2 heterocycles. The molecule has 2 aromatic rings. The zero-order valence-electron chi connectivity index (χ0n) is 14.0. The van der Waals surface area contributed by atoms with E-state index in [1.54, 1.807) is 30.3 Å². The molecule has 132 valence electrons. The zero-order valence-corrected chi connectivity index (χ0v) is 14.0. The number of fused-ring (bicyclic) bond motifs is 1. The van der Waals surface area contributed by atoms with Gasteiger partial charge in [0.15, 0.2) is 0 Å². The first-order chi connectivity index (χ1) is 12.0. The van der Waals surface area contributed by atoms with Gasteiger partial charge in [0.25, 0.3) is 0 Å². The highest BCUT2D eigenvalue weighted by atomic mass is 19.1. The number of nitrogens with one attached hydrogen (secondary N) is 2. The number of carbonyl (C=O) groups is 2. The normalized spacial score (nSPS) is 17.6. The van der Waals surface area contributed by atoms with E-state index in [0.29, 0.717) is 24.2 Å². The highest BCUT2D eigenvalue weighted by Gasteiger charge is 2.35. The zero-order chi connectivity index (χ0) is 18.0. The molecule has 3 rings (SSSR count). The number of esters is 1. The van der Waals surface area contributed by atoms with E-state index in [-0.39, 0.29) is 5.82 Å². The van der Waals surface area contributed by atoms with Crippen LogP contribution in [0.1, 0.15) is 29.9 Å². The summed E-state index contributed by atoms with van der Waals surface area (Å²) >= 11 is 0. The van der Waals surface area contributed by atoms with Crippen molar-refractivity contribution >= 4 is 12.0 Å². The average Bonchev–Trinajstić information content (AvgIpc) is 3.08. The standard InChI is InChI=1S/C17H19FN4O3/c1-10(16(23)25-2)21-17(24)22-7-6-13-14(20-9-19-13)15(22)11-4-3-5-12(18)8-11/h3-5,8-10,15H,6-7H2,1-2H3,(H,19,20)(H,21,24)/t10-,15-/m0/s1. The Morgan fingerprint density at radius 2 is 2.28 bits per heavy atom. The lowest BCUT2D eigenvalue weighted by atomic mass is 9.96. The number of urea groups is 1. The molecule has 2 amide bonds. The smallest absolute Gasteiger partial charge is 0.328 e. The molecule has 0 aliphatic carbocycles. The molecule has 8 heteroatoms. The first-order valence-corrected chi connectivity index (χ1v) is 7.94. The number of aromatic amines is 1. The van der Waals surface area contributed by atoms with E-state index in [4.69, 9.17) is 0 Å². The van der Waals surface area contributed by atoms with Gasteiger partial charge in [-0.15, -0.1) is 0 Å². The number of amides is 2. The van der Waals surface area contributed by atoms with Crippen LogP contribution in [-0.2, 0) is 16.0 Å². The molecule has 1 aliphatic heterocycles. The van der Waals surface area contributed by atoms with Crippen LogP contribution in [0, 0.1) is 5.82 Å². The minimum atomic E-state index is -0.786. The Kier molecular flexibility index (Phi) is 4.69. The SMILES string of the molecule is COC(=O)[C@H](C)NC(=O)N1CCc2[nH]cnc2[C@@H]1c1cccc(F)c1. The Labute approximate surface area is 144 Å². The van der Waals surface area contributed by atoms with Crippen molar-refractivity contribution in [1.82, 2.24) is 20.2 Å². The van der Waals surface area contributed by atoms with Crippen molar-refractivity contribution in [3.05, 3.63) is 53.4 Å². The molecule has 0 saturated heterocycles. The fourth-order valence-corrected chi connectivity index (χ4v) is 3.01. The Balaban J connectivity index is 1.92. The molecule has 2 N–H and O–H groups in total. The second kappa shape index (κ2) is 6.92. The molecule has 25 heavy (non-hydrogen) atoms. The Hall–Kier alpha value is -2.90. The number of aromatic nitrogens is 2. The molecule has 7 nitrogen and oxygen atoms in total. The van der Waals surface area contributed by atoms with Crippen LogP contribution in [0.25, 0.3) is 0 Å². The lowest BCUT2D eigenvalue weighted by Crippen LogP contribution is -2.50. The van der Waals surface area contributed by atoms with Gasteiger partial charge in [-0.1, -0.05) is 12.1 Å². The lowest BCUT2D eigenvalue weighted by Gasteiger charge is -2.35. The second-order valence-electron chi connectivity index (χ2n) is 5.86. The van der Waals surface area contributed by atoms with Gasteiger partial charge in [-0.25, -0.2) is 19.0 Å². The maximum Gasteiger partial charge on any atom is 0.328 e. The molecule has 0 radical (unpaired) electrons. The van der Waals surface area contributed by atoms with Crippen LogP contribution in [-0.4, -0.2) is 46.6 Å². The molecule has 2 atom stereocenters. The minimum Gasteiger partial charge on any atom is -0.467 e. The number of hydrogen-bond donors (Lipinski definition) is 2. The van der Waals surface area contributed by atoms with Gasteiger partial charge in [-0.3, -0.25) is 0 Å².